The van der Waals surface area contributed by atoms with Gasteiger partial charge < -0.3 is 18.6 Å². The lowest BCUT2D eigenvalue weighted by Gasteiger charge is -2.26. The van der Waals surface area contributed by atoms with E-state index in [9.17, 15) is 9.59 Å². The first-order valence-electron chi connectivity index (χ1n) is 31.8. The molecule has 0 fully saturated rings. The molecule has 0 N–H and O–H groups in total. The van der Waals surface area contributed by atoms with Crippen molar-refractivity contribution in [3.63, 3.8) is 0 Å². The van der Waals surface area contributed by atoms with E-state index in [1.807, 2.05) is 97.1 Å². The third kappa shape index (κ3) is 11.9. The number of ether oxygens (including phenoxy) is 2. The average Bonchev–Trinajstić information content (AvgIpc) is 1.53. The predicted octanol–water partition coefficient (Wildman–Crippen LogP) is 20.6. The van der Waals surface area contributed by atoms with Gasteiger partial charge in [0.05, 0.1) is 44.6 Å². The summed E-state index contributed by atoms with van der Waals surface area (Å²) in [4.78, 5) is 45.4. The van der Waals surface area contributed by atoms with Crippen molar-refractivity contribution in [2.75, 3.05) is 0 Å². The van der Waals surface area contributed by atoms with E-state index in [1.165, 1.54) is 33.0 Å². The molecule has 9 nitrogen and oxygen atoms in total. The van der Waals surface area contributed by atoms with E-state index in [4.69, 9.17) is 24.4 Å². The highest BCUT2D eigenvalue weighted by molar-refractivity contribution is 6.14. The molecule has 3 aromatic heterocycles. The van der Waals surface area contributed by atoms with E-state index >= 15 is 0 Å². The van der Waals surface area contributed by atoms with Crippen LogP contribution >= 0.6 is 0 Å². The van der Waals surface area contributed by atoms with Crippen LogP contribution < -0.4 is 0 Å². The van der Waals surface area contributed by atoms with E-state index in [1.54, 1.807) is 0 Å². The van der Waals surface area contributed by atoms with Crippen LogP contribution in [0.15, 0.2) is 224 Å². The zero-order valence-electron chi connectivity index (χ0n) is 54.6. The fourth-order valence-electron chi connectivity index (χ4n) is 12.3. The SMILES string of the molecule is CC(C)(C)c1cc(-c2nc(-c3cc(C(C)(C)C)cc(C(C)(C)C)c3)nc(-c3cc(-c4ccccc4-n4c5ccccc5c5ccccc54)ccc3-n3c4ccc(C(=O)OCc5ccccc5)cc4c4cc(C(=O)OCc5ccccc5)ccc43)n2)cc(C(C)(C)C)c1. The monoisotopic (exact) mass is 1210 g/mol. The van der Waals surface area contributed by atoms with Crippen LogP contribution in [0.4, 0.5) is 0 Å². The average molecular weight is 1210 g/mol. The summed E-state index contributed by atoms with van der Waals surface area (Å²) in [5, 5.41) is 3.80. The van der Waals surface area contributed by atoms with Crippen LogP contribution in [0.5, 0.6) is 0 Å². The van der Waals surface area contributed by atoms with Gasteiger partial charge in [-0.3, -0.25) is 0 Å². The van der Waals surface area contributed by atoms with Crippen LogP contribution in [0.2, 0.25) is 0 Å². The third-order valence-corrected chi connectivity index (χ3v) is 17.7. The van der Waals surface area contributed by atoms with Gasteiger partial charge in [-0.05, 0) is 152 Å². The Hall–Kier alpha value is -10.3. The first kappa shape index (κ1) is 60.6. The maximum atomic E-state index is 14.2. The summed E-state index contributed by atoms with van der Waals surface area (Å²) in [7, 11) is 0. The van der Waals surface area contributed by atoms with E-state index in [0.29, 0.717) is 28.6 Å². The number of para-hydroxylation sites is 3. The molecule has 13 rings (SSSR count). The fraction of sp³-hybridized carbons (Fsp3) is 0.217. The molecular formula is C83H77N5O4. The maximum Gasteiger partial charge on any atom is 0.338 e. The van der Waals surface area contributed by atoms with E-state index in [0.717, 1.165) is 83.2 Å². The Labute approximate surface area is 539 Å². The lowest BCUT2D eigenvalue weighted by molar-refractivity contribution is 0.0464. The van der Waals surface area contributed by atoms with Gasteiger partial charge in [-0.1, -0.05) is 217 Å². The minimum atomic E-state index is -0.470. The molecule has 0 saturated heterocycles. The van der Waals surface area contributed by atoms with Crippen molar-refractivity contribution < 1.29 is 19.1 Å². The van der Waals surface area contributed by atoms with Crippen molar-refractivity contribution in [2.24, 2.45) is 0 Å². The Morgan fingerprint density at radius 3 is 1.13 bits per heavy atom. The molecule has 0 radical (unpaired) electrons. The van der Waals surface area contributed by atoms with Crippen LogP contribution in [0.25, 0.3) is 100 Å². The Kier molecular flexibility index (Phi) is 15.5. The number of hydrogen-bond acceptors (Lipinski definition) is 7. The van der Waals surface area contributed by atoms with Gasteiger partial charge in [-0.25, -0.2) is 24.5 Å². The zero-order valence-corrected chi connectivity index (χ0v) is 54.6. The molecule has 0 aliphatic carbocycles. The van der Waals surface area contributed by atoms with Gasteiger partial charge >= 0.3 is 11.9 Å². The summed E-state index contributed by atoms with van der Waals surface area (Å²) in [6.07, 6.45) is 0. The Morgan fingerprint density at radius 1 is 0.326 bits per heavy atom. The molecule has 458 valence electrons. The van der Waals surface area contributed by atoms with Gasteiger partial charge in [0, 0.05) is 43.8 Å². The summed E-state index contributed by atoms with van der Waals surface area (Å²) in [6.45, 7) is 27.3. The first-order chi connectivity index (χ1) is 43.9. The Bertz CT molecular complexity index is 4680. The smallest absolute Gasteiger partial charge is 0.338 e. The molecule has 3 heterocycles. The highest BCUT2D eigenvalue weighted by atomic mass is 16.5. The van der Waals surface area contributed by atoms with Crippen molar-refractivity contribution in [3.05, 3.63) is 269 Å². The van der Waals surface area contributed by atoms with Gasteiger partial charge in [-0.15, -0.1) is 0 Å². The Morgan fingerprint density at radius 2 is 0.696 bits per heavy atom. The second kappa shape index (κ2) is 23.5. The van der Waals surface area contributed by atoms with Crippen molar-refractivity contribution >= 4 is 55.6 Å². The second-order valence-corrected chi connectivity index (χ2v) is 28.4. The maximum absolute atomic E-state index is 14.2. The molecule has 0 atom stereocenters. The molecule has 92 heavy (non-hydrogen) atoms. The third-order valence-electron chi connectivity index (χ3n) is 17.7. The lowest BCUT2D eigenvalue weighted by Crippen LogP contribution is -2.17. The fourth-order valence-corrected chi connectivity index (χ4v) is 12.3. The zero-order chi connectivity index (χ0) is 64.4. The van der Waals surface area contributed by atoms with E-state index in [2.05, 4.69) is 220 Å². The number of nitrogens with zero attached hydrogens (tertiary/aromatic N) is 5. The van der Waals surface area contributed by atoms with Crippen LogP contribution in [-0.2, 0) is 44.3 Å². The summed E-state index contributed by atoms with van der Waals surface area (Å²) in [5.74, 6) is 0.610. The molecule has 10 aromatic carbocycles. The van der Waals surface area contributed by atoms with Crippen molar-refractivity contribution in [1.29, 1.82) is 0 Å². The van der Waals surface area contributed by atoms with Gasteiger partial charge in [0.25, 0.3) is 0 Å². The molecule has 9 heteroatoms. The molecule has 0 spiro atoms. The molecule has 0 aliphatic rings. The summed E-state index contributed by atoms with van der Waals surface area (Å²) in [5.41, 5.74) is 16.4. The molecule has 0 saturated carbocycles. The molecular weight excluding hydrogens is 1130 g/mol. The van der Waals surface area contributed by atoms with Gasteiger partial charge in [0.15, 0.2) is 17.5 Å². The first-order valence-corrected chi connectivity index (χ1v) is 31.8. The quantitative estimate of drug-likeness (QED) is 0.112. The molecule has 0 amide bonds. The van der Waals surface area contributed by atoms with Gasteiger partial charge in [0.1, 0.15) is 13.2 Å². The largest absolute Gasteiger partial charge is 0.457 e. The minimum absolute atomic E-state index is 0.110. The Balaban J connectivity index is 1.11. The highest BCUT2D eigenvalue weighted by Crippen LogP contribution is 2.43. The standard InChI is InChI=1S/C83H77N5O4/c1-80(2,3)59-41-57(42-60(48-59)81(4,5)6)75-84-76(58-43-61(82(7,8)9)49-62(44-58)83(10,11)12)86-77(85-75)68-45-54(63-29-19-22-32-69(63)87-70-33-23-20-30-64(70)65-31-21-24-34-71(65)87)35-38-74(68)88-72-39-36-55(78(89)91-50-52-25-15-13-16-26-52)46-66(72)67-47-56(37-40-73(67)88)79(90)92-51-53-27-17-14-18-28-53/h13-49H,50-51H2,1-12H3. The van der Waals surface area contributed by atoms with E-state index < -0.39 is 11.9 Å². The number of benzene rings is 10. The van der Waals surface area contributed by atoms with Gasteiger partial charge in [0.2, 0.25) is 0 Å². The molecule has 0 aliphatic heterocycles. The van der Waals surface area contributed by atoms with Gasteiger partial charge in [-0.2, -0.15) is 0 Å². The number of carbonyl (C=O) groups excluding carboxylic acids is 2. The van der Waals surface area contributed by atoms with Crippen molar-refractivity contribution in [2.45, 2.75) is 118 Å². The number of hydrogen-bond donors (Lipinski definition) is 0. The second-order valence-electron chi connectivity index (χ2n) is 28.4. The number of carbonyl (C=O) groups is 2. The lowest BCUT2D eigenvalue weighted by atomic mass is 9.79. The predicted molar refractivity (Wildman–Crippen MR) is 376 cm³/mol. The number of aromatic nitrogens is 5. The number of rotatable bonds is 12. The van der Waals surface area contributed by atoms with Crippen molar-refractivity contribution in [3.8, 4) is 56.7 Å². The van der Waals surface area contributed by atoms with Crippen molar-refractivity contribution in [1.82, 2.24) is 24.1 Å². The normalized spacial score (nSPS) is 12.3. The van der Waals surface area contributed by atoms with Crippen LogP contribution in [0.3, 0.4) is 0 Å². The molecule has 13 aromatic rings. The number of fused-ring (bicyclic) bond motifs is 6. The summed E-state index contributed by atoms with van der Waals surface area (Å²) < 4.78 is 16.5. The highest BCUT2D eigenvalue weighted by Gasteiger charge is 2.28. The molecule has 0 bridgehead atoms. The van der Waals surface area contributed by atoms with E-state index in [-0.39, 0.29) is 34.9 Å². The van der Waals surface area contributed by atoms with Crippen LogP contribution in [0.1, 0.15) is 137 Å². The molecule has 0 unspecified atom stereocenters. The summed E-state index contributed by atoms with van der Waals surface area (Å²) in [6, 6.07) is 76.7. The topological polar surface area (TPSA) is 101 Å². The van der Waals surface area contributed by atoms with Crippen LogP contribution in [-0.4, -0.2) is 36.0 Å². The van der Waals surface area contributed by atoms with Crippen LogP contribution in [0, 0.1) is 0 Å². The number of esters is 2. The summed E-state index contributed by atoms with van der Waals surface area (Å²) >= 11 is 0. The minimum Gasteiger partial charge on any atom is -0.457 e.